The Balaban J connectivity index is 0.000000141. The number of furan rings is 2. The zero-order valence-electron chi connectivity index (χ0n) is 81.7. The highest BCUT2D eigenvalue weighted by Crippen LogP contribution is 2.49. The van der Waals surface area contributed by atoms with Crippen molar-refractivity contribution < 1.29 is 8.83 Å². The smallest absolute Gasteiger partial charge is 0.143 e. The fourth-order valence-corrected chi connectivity index (χ4v) is 23.5. The van der Waals surface area contributed by atoms with Crippen LogP contribution >= 0.6 is 0 Å². The van der Waals surface area contributed by atoms with E-state index in [9.17, 15) is 0 Å². The normalized spacial score (nSPS) is 11.7. The molecule has 0 spiro atoms. The second kappa shape index (κ2) is 36.1. The predicted molar refractivity (Wildman–Crippen MR) is 634 cm³/mol. The molecule has 26 aromatic carbocycles. The molecule has 0 aliphatic carbocycles. The standard InChI is InChI=1S/2C72H46N2O/c1-3-14-47(15-4-1)48-30-36-55(37-31-48)73(54-16-5-2-6-17-54)56-38-32-50(33-39-56)53-35-43-70-68(45-53)67-44-52(49-26-28-51(29-27-49)58-23-13-24-65-64-22-11-12-25-71(64)75-72(58)65)34-42-69(67)74(70)57-40-41-63-61-20-8-7-18-59(61)60-19-9-10-21-62(60)66(63)46-57;1-3-13-47(14-4-1)48-27-34-56(35-28-48)73(55-15-5-2-6-16-55)57-36-29-51(30-37-57)53-32-41-70-67(44-53)66-43-52(49-23-25-50(26-24-49)54-33-42-72-68(45-54)64-21-11-12-22-71(64)75-72)31-40-69(66)74(70)58-38-39-63-61-19-8-7-17-59(61)60-18-9-10-20-62(60)65(63)46-58/h2*1-46H. The molecule has 0 atom stereocenters. The molecule has 30 rings (SSSR count). The zero-order valence-corrected chi connectivity index (χ0v) is 81.7. The minimum absolute atomic E-state index is 0.908. The summed E-state index contributed by atoms with van der Waals surface area (Å²) < 4.78 is 17.5. The molecule has 0 saturated heterocycles. The van der Waals surface area contributed by atoms with Crippen molar-refractivity contribution in [2.24, 2.45) is 0 Å². The first-order valence-corrected chi connectivity index (χ1v) is 51.4. The molecule has 0 aliphatic heterocycles. The number of fused-ring (bicyclic) bond motifs is 24. The molecule has 0 N–H and O–H groups in total. The quantitative estimate of drug-likeness (QED) is 0.0904. The van der Waals surface area contributed by atoms with E-state index in [0.717, 1.165) is 134 Å². The lowest BCUT2D eigenvalue weighted by molar-refractivity contribution is 0.669. The molecule has 0 aliphatic rings. The van der Waals surface area contributed by atoms with Crippen LogP contribution in [0.4, 0.5) is 34.1 Å². The van der Waals surface area contributed by atoms with E-state index in [-0.39, 0.29) is 0 Å². The third-order valence-corrected chi connectivity index (χ3v) is 30.8. The van der Waals surface area contributed by atoms with Crippen LogP contribution in [0.3, 0.4) is 0 Å². The molecule has 4 aromatic heterocycles. The van der Waals surface area contributed by atoms with Gasteiger partial charge in [-0.05, 0) is 318 Å². The Morgan fingerprint density at radius 1 is 0.127 bits per heavy atom. The molecule has 0 unspecified atom stereocenters. The van der Waals surface area contributed by atoms with Crippen LogP contribution in [0.1, 0.15) is 0 Å². The maximum Gasteiger partial charge on any atom is 0.143 e. The van der Waals surface area contributed by atoms with Gasteiger partial charge >= 0.3 is 0 Å². The molecule has 4 heterocycles. The molecule has 0 amide bonds. The summed E-state index contributed by atoms with van der Waals surface area (Å²) in [6, 6.07) is 203. The van der Waals surface area contributed by atoms with Crippen molar-refractivity contribution >= 4 is 186 Å². The van der Waals surface area contributed by atoms with Crippen molar-refractivity contribution in [1.82, 2.24) is 9.13 Å². The fourth-order valence-electron chi connectivity index (χ4n) is 23.5. The molecule has 0 radical (unpaired) electrons. The van der Waals surface area contributed by atoms with E-state index in [1.165, 1.54) is 153 Å². The lowest BCUT2D eigenvalue weighted by atomic mass is 9.94. The van der Waals surface area contributed by atoms with Gasteiger partial charge in [0.05, 0.1) is 22.1 Å². The first-order valence-electron chi connectivity index (χ1n) is 51.4. The number of nitrogens with zero attached hydrogens (tertiary/aromatic N) is 4. The summed E-state index contributed by atoms with van der Waals surface area (Å²) in [4.78, 5) is 4.66. The summed E-state index contributed by atoms with van der Waals surface area (Å²) in [6.07, 6.45) is 0. The Morgan fingerprint density at radius 3 is 0.713 bits per heavy atom. The van der Waals surface area contributed by atoms with Crippen molar-refractivity contribution in [2.45, 2.75) is 0 Å². The van der Waals surface area contributed by atoms with Crippen LogP contribution < -0.4 is 9.80 Å². The van der Waals surface area contributed by atoms with Gasteiger partial charge < -0.3 is 27.8 Å². The van der Waals surface area contributed by atoms with Crippen LogP contribution in [-0.2, 0) is 0 Å². The van der Waals surface area contributed by atoms with E-state index in [2.05, 4.69) is 553 Å². The number of rotatable bonds is 16. The van der Waals surface area contributed by atoms with E-state index in [0.29, 0.717) is 0 Å². The summed E-state index contributed by atoms with van der Waals surface area (Å²) in [5, 5.41) is 24.6. The van der Waals surface area contributed by atoms with Gasteiger partial charge in [0.1, 0.15) is 22.3 Å². The largest absolute Gasteiger partial charge is 0.456 e. The van der Waals surface area contributed by atoms with Gasteiger partial charge in [0, 0.05) is 94.2 Å². The van der Waals surface area contributed by atoms with Crippen LogP contribution in [0.5, 0.6) is 0 Å². The number of hydrogen-bond acceptors (Lipinski definition) is 4. The molecule has 6 heteroatoms. The molecule has 150 heavy (non-hydrogen) atoms. The molecule has 0 fully saturated rings. The Bertz CT molecular complexity index is 10500. The minimum Gasteiger partial charge on any atom is -0.456 e. The van der Waals surface area contributed by atoms with Crippen molar-refractivity contribution in [1.29, 1.82) is 0 Å². The average Bonchev–Trinajstić information content (AvgIpc) is 1.56. The van der Waals surface area contributed by atoms with Gasteiger partial charge in [-0.2, -0.15) is 0 Å². The maximum absolute atomic E-state index is 6.45. The monoisotopic (exact) mass is 1910 g/mol. The molecule has 700 valence electrons. The minimum atomic E-state index is 0.908. The Labute approximate surface area is 866 Å². The van der Waals surface area contributed by atoms with Gasteiger partial charge in [-0.3, -0.25) is 0 Å². The highest BCUT2D eigenvalue weighted by molar-refractivity contribution is 6.28. The van der Waals surface area contributed by atoms with Gasteiger partial charge in [0.25, 0.3) is 0 Å². The van der Waals surface area contributed by atoms with Crippen LogP contribution in [0.2, 0.25) is 0 Å². The van der Waals surface area contributed by atoms with Crippen molar-refractivity contribution in [3.63, 3.8) is 0 Å². The van der Waals surface area contributed by atoms with Crippen molar-refractivity contribution in [2.75, 3.05) is 9.80 Å². The summed E-state index contributed by atoms with van der Waals surface area (Å²) in [6.45, 7) is 0. The van der Waals surface area contributed by atoms with Gasteiger partial charge in [-0.15, -0.1) is 0 Å². The van der Waals surface area contributed by atoms with Crippen LogP contribution in [0.15, 0.2) is 567 Å². The van der Waals surface area contributed by atoms with Crippen molar-refractivity contribution in [3.8, 4) is 100 Å². The molecular weight excluding hydrogens is 1820 g/mol. The third-order valence-electron chi connectivity index (χ3n) is 30.8. The molecule has 0 saturated carbocycles. The molecule has 30 aromatic rings. The van der Waals surface area contributed by atoms with Gasteiger partial charge in [-0.1, -0.05) is 388 Å². The fraction of sp³-hybridized carbons (Fsp3) is 0. The topological polar surface area (TPSA) is 42.6 Å². The number of hydrogen-bond donors (Lipinski definition) is 0. The van der Waals surface area contributed by atoms with E-state index in [1.54, 1.807) is 0 Å². The predicted octanol–water partition coefficient (Wildman–Crippen LogP) is 40.6. The number of para-hydroxylation sites is 5. The summed E-state index contributed by atoms with van der Waals surface area (Å²) in [5.74, 6) is 0. The van der Waals surface area contributed by atoms with E-state index in [4.69, 9.17) is 8.83 Å². The van der Waals surface area contributed by atoms with Gasteiger partial charge in [0.2, 0.25) is 0 Å². The van der Waals surface area contributed by atoms with Gasteiger partial charge in [-0.25, -0.2) is 0 Å². The number of anilines is 6. The molecule has 6 nitrogen and oxygen atoms in total. The average molecular weight is 1910 g/mol. The number of benzene rings is 26. The van der Waals surface area contributed by atoms with E-state index < -0.39 is 0 Å². The molecule has 0 bridgehead atoms. The van der Waals surface area contributed by atoms with Crippen LogP contribution in [-0.4, -0.2) is 9.13 Å². The summed E-state index contributed by atoms with van der Waals surface area (Å²) in [7, 11) is 0. The van der Waals surface area contributed by atoms with E-state index in [1.807, 2.05) is 24.3 Å². The Morgan fingerprint density at radius 2 is 0.360 bits per heavy atom. The second-order valence-corrected chi connectivity index (χ2v) is 39.2. The lowest BCUT2D eigenvalue weighted by Gasteiger charge is -2.26. The highest BCUT2D eigenvalue weighted by atomic mass is 16.3. The van der Waals surface area contributed by atoms with Crippen molar-refractivity contribution in [3.05, 3.63) is 558 Å². The maximum atomic E-state index is 6.45. The Kier molecular flexibility index (Phi) is 20.9. The third kappa shape index (κ3) is 15.0. The Hall–Kier alpha value is -19.9. The van der Waals surface area contributed by atoms with Crippen LogP contribution in [0.25, 0.3) is 253 Å². The second-order valence-electron chi connectivity index (χ2n) is 39.2. The van der Waals surface area contributed by atoms with Crippen LogP contribution in [0, 0.1) is 0 Å². The zero-order chi connectivity index (χ0) is 98.8. The summed E-state index contributed by atoms with van der Waals surface area (Å²) in [5.41, 5.74) is 35.9. The first-order chi connectivity index (χ1) is 74.3. The van der Waals surface area contributed by atoms with E-state index >= 15 is 0 Å². The SMILES string of the molecule is c1ccc(-c2ccc(N(c3ccccc3)c3ccc(-c4ccc5c(c4)c4cc(-c6ccc(-c7ccc8oc9ccccc9c8c7)cc6)ccc4n5-c4ccc5c6ccccc6c6ccccc6c5c4)cc3)cc2)cc1.c1ccc(-c2ccc(N(c3ccccc3)c3ccc(-c4ccc5c(c4)c4cc(-c6ccc(-c7cccc8c7oc7ccccc78)cc6)ccc4n5-c4ccc5c6ccccc6c6ccccc6c5c4)cc3)cc2)cc1. The lowest BCUT2D eigenvalue weighted by Crippen LogP contribution is -2.09. The van der Waals surface area contributed by atoms with Gasteiger partial charge in [0.15, 0.2) is 0 Å². The molecular formula is C144H92N4O2. The highest BCUT2D eigenvalue weighted by Gasteiger charge is 2.25. The summed E-state index contributed by atoms with van der Waals surface area (Å²) >= 11 is 0. The number of aromatic nitrogens is 2. The first kappa shape index (κ1) is 86.7.